The molecule has 1 fully saturated rings. The Morgan fingerprint density at radius 1 is 1.07 bits per heavy atom. The van der Waals surface area contributed by atoms with Crippen LogP contribution in [0, 0.1) is 12.3 Å². The maximum absolute atomic E-state index is 13.6. The van der Waals surface area contributed by atoms with Gasteiger partial charge in [0.1, 0.15) is 5.44 Å². The van der Waals surface area contributed by atoms with Crippen molar-refractivity contribution in [3.63, 3.8) is 0 Å². The van der Waals surface area contributed by atoms with Crippen LogP contribution in [0.3, 0.4) is 0 Å². The molecule has 0 aromatic heterocycles. The van der Waals surface area contributed by atoms with Gasteiger partial charge in [0.05, 0.1) is 24.7 Å². The van der Waals surface area contributed by atoms with E-state index >= 15 is 0 Å². The van der Waals surface area contributed by atoms with E-state index in [1.54, 1.807) is 31.2 Å². The average Bonchev–Trinajstić information content (AvgIpc) is 2.71. The van der Waals surface area contributed by atoms with Crippen molar-refractivity contribution >= 4 is 17.6 Å². The molecule has 0 atom stereocenters. The molecule has 1 aliphatic heterocycles. The normalized spacial score (nSPS) is 18.7. The predicted molar refractivity (Wildman–Crippen MR) is 117 cm³/mol. The summed E-state index contributed by atoms with van der Waals surface area (Å²) in [4.78, 5) is 0.118. The van der Waals surface area contributed by atoms with Crippen LogP contribution in [-0.2, 0) is 30.2 Å². The summed E-state index contributed by atoms with van der Waals surface area (Å²) in [6.45, 7) is 7.85. The van der Waals surface area contributed by atoms with Gasteiger partial charge in [-0.1, -0.05) is 68.0 Å². The fraction of sp³-hybridized carbons (Fsp3) is 0.364. The summed E-state index contributed by atoms with van der Waals surface area (Å²) in [5.74, 6) is 0. The van der Waals surface area contributed by atoms with Crippen LogP contribution in [-0.4, -0.2) is 25.9 Å². The molecule has 0 spiro atoms. The van der Waals surface area contributed by atoms with Crippen molar-refractivity contribution in [3.05, 3.63) is 77.2 Å². The van der Waals surface area contributed by atoms with E-state index < -0.39 is 17.6 Å². The van der Waals surface area contributed by atoms with E-state index in [2.05, 4.69) is 0 Å². The molecule has 0 unspecified atom stereocenters. The van der Waals surface area contributed by atoms with Gasteiger partial charge in [-0.2, -0.15) is 0 Å². The van der Waals surface area contributed by atoms with Gasteiger partial charge < -0.3 is 9.05 Å². The Morgan fingerprint density at radius 3 is 2.17 bits per heavy atom. The Hall–Kier alpha value is -1.92. The molecule has 3 rings (SSSR count). The van der Waals surface area contributed by atoms with Crippen molar-refractivity contribution in [3.8, 4) is 0 Å². The molecule has 0 bridgehead atoms. The Kier molecular flexibility index (Phi) is 6.58. The lowest BCUT2D eigenvalue weighted by Gasteiger charge is -2.37. The number of benzene rings is 2. The van der Waals surface area contributed by atoms with E-state index in [1.807, 2.05) is 51.1 Å². The highest BCUT2D eigenvalue weighted by Crippen LogP contribution is 2.61. The SMILES string of the molecule is C/C=C(\N(Cc1ccccc1)S(=O)(=O)c1ccc(C)cc1)P1(=O)OCC(C)(C)CO1. The van der Waals surface area contributed by atoms with Gasteiger partial charge in [0.15, 0.2) is 0 Å². The van der Waals surface area contributed by atoms with Crippen molar-refractivity contribution in [1.82, 2.24) is 4.31 Å². The molecule has 0 saturated carbocycles. The number of hydrogen-bond acceptors (Lipinski definition) is 5. The molecule has 2 aromatic carbocycles. The quantitative estimate of drug-likeness (QED) is 0.559. The van der Waals surface area contributed by atoms with Gasteiger partial charge in [-0.3, -0.25) is 8.87 Å². The van der Waals surface area contributed by atoms with Gasteiger partial charge in [-0.25, -0.2) is 8.42 Å². The number of allylic oxidation sites excluding steroid dienone is 1. The van der Waals surface area contributed by atoms with Crippen molar-refractivity contribution in [2.75, 3.05) is 13.2 Å². The second-order valence-corrected chi connectivity index (χ2v) is 12.0. The molecule has 6 nitrogen and oxygen atoms in total. The zero-order valence-corrected chi connectivity index (χ0v) is 19.4. The van der Waals surface area contributed by atoms with Crippen LogP contribution in [0.1, 0.15) is 31.9 Å². The van der Waals surface area contributed by atoms with Gasteiger partial charge >= 0.3 is 7.60 Å². The Labute approximate surface area is 179 Å². The minimum absolute atomic E-state index is 0.0107. The minimum Gasteiger partial charge on any atom is -0.304 e. The number of nitrogens with zero attached hydrogens (tertiary/aromatic N) is 1. The third-order valence-electron chi connectivity index (χ3n) is 4.82. The Morgan fingerprint density at radius 2 is 1.63 bits per heavy atom. The molecule has 0 N–H and O–H groups in total. The van der Waals surface area contributed by atoms with Gasteiger partial charge in [-0.15, -0.1) is 0 Å². The summed E-state index contributed by atoms with van der Waals surface area (Å²) in [5, 5.41) is 0. The minimum atomic E-state index is -4.01. The summed E-state index contributed by atoms with van der Waals surface area (Å²) in [7, 11) is -7.83. The molecule has 2 aromatic rings. The predicted octanol–water partition coefficient (Wildman–Crippen LogP) is 5.31. The fourth-order valence-corrected chi connectivity index (χ4v) is 7.11. The van der Waals surface area contributed by atoms with Crippen LogP contribution in [0.5, 0.6) is 0 Å². The highest BCUT2D eigenvalue weighted by atomic mass is 32.2. The highest BCUT2D eigenvalue weighted by molar-refractivity contribution is 7.89. The van der Waals surface area contributed by atoms with Crippen molar-refractivity contribution < 1.29 is 22.0 Å². The summed E-state index contributed by atoms with van der Waals surface area (Å²) in [6, 6.07) is 15.8. The maximum atomic E-state index is 13.6. The topological polar surface area (TPSA) is 72.9 Å². The largest absolute Gasteiger partial charge is 0.377 e. The first-order chi connectivity index (χ1) is 14.1. The summed E-state index contributed by atoms with van der Waals surface area (Å²) in [6.07, 6.45) is 1.51. The second kappa shape index (κ2) is 8.67. The van der Waals surface area contributed by atoms with Crippen LogP contribution in [0.25, 0.3) is 0 Å². The van der Waals surface area contributed by atoms with E-state index in [1.165, 1.54) is 6.08 Å². The third kappa shape index (κ3) is 4.86. The van der Waals surface area contributed by atoms with Gasteiger partial charge in [0.2, 0.25) is 0 Å². The number of sulfonamides is 1. The number of rotatable bonds is 6. The second-order valence-electron chi connectivity index (χ2n) is 8.17. The molecule has 1 heterocycles. The van der Waals surface area contributed by atoms with E-state index in [0.717, 1.165) is 15.4 Å². The molecule has 1 aliphatic rings. The summed E-state index contributed by atoms with van der Waals surface area (Å²) < 4.78 is 53.3. The van der Waals surface area contributed by atoms with Crippen LogP contribution in [0.4, 0.5) is 0 Å². The van der Waals surface area contributed by atoms with E-state index in [9.17, 15) is 13.0 Å². The summed E-state index contributed by atoms with van der Waals surface area (Å²) in [5.41, 5.74) is 1.44. The maximum Gasteiger partial charge on any atom is 0.377 e. The fourth-order valence-electron chi connectivity index (χ4n) is 3.05. The standard InChI is InChI=1S/C22H28NO5PS/c1-5-21(29(24)27-16-22(3,4)17-28-29)23(15-19-9-7-6-8-10-19)30(25,26)20-13-11-18(2)12-14-20/h5-14H,15-17H2,1-4H3/b21-5+. The molecule has 0 radical (unpaired) electrons. The molecule has 1 saturated heterocycles. The first kappa shape index (κ1) is 22.8. The first-order valence-corrected chi connectivity index (χ1v) is 12.8. The number of aryl methyl sites for hydroxylation is 1. The smallest absolute Gasteiger partial charge is 0.304 e. The molecule has 0 amide bonds. The Balaban J connectivity index is 2.06. The monoisotopic (exact) mass is 449 g/mol. The first-order valence-electron chi connectivity index (χ1n) is 9.77. The van der Waals surface area contributed by atoms with Crippen LogP contribution in [0.2, 0.25) is 0 Å². The van der Waals surface area contributed by atoms with Crippen molar-refractivity contribution in [2.45, 2.75) is 39.1 Å². The van der Waals surface area contributed by atoms with Crippen LogP contribution in [0.15, 0.2) is 71.0 Å². The van der Waals surface area contributed by atoms with Crippen LogP contribution < -0.4 is 0 Å². The highest BCUT2D eigenvalue weighted by Gasteiger charge is 2.44. The average molecular weight is 450 g/mol. The van der Waals surface area contributed by atoms with E-state index in [4.69, 9.17) is 9.05 Å². The zero-order valence-electron chi connectivity index (χ0n) is 17.7. The number of hydrogen-bond donors (Lipinski definition) is 0. The molecule has 162 valence electrons. The van der Waals surface area contributed by atoms with E-state index in [-0.39, 0.29) is 35.5 Å². The van der Waals surface area contributed by atoms with Crippen molar-refractivity contribution in [1.29, 1.82) is 0 Å². The molecular weight excluding hydrogens is 421 g/mol. The molecule has 30 heavy (non-hydrogen) atoms. The zero-order chi connectivity index (χ0) is 22.0. The molecule has 8 heteroatoms. The Bertz CT molecular complexity index is 1050. The molecular formula is C22H28NO5PS. The van der Waals surface area contributed by atoms with Crippen molar-refractivity contribution in [2.24, 2.45) is 5.41 Å². The lowest BCUT2D eigenvalue weighted by atomic mass is 9.97. The third-order valence-corrected chi connectivity index (χ3v) is 8.73. The van der Waals surface area contributed by atoms with Gasteiger partial charge in [-0.05, 0) is 31.5 Å². The lowest BCUT2D eigenvalue weighted by molar-refractivity contribution is 0.0426. The van der Waals surface area contributed by atoms with E-state index in [0.29, 0.717) is 0 Å². The van der Waals surface area contributed by atoms with Gasteiger partial charge in [0, 0.05) is 5.41 Å². The van der Waals surface area contributed by atoms with Gasteiger partial charge in [0.25, 0.3) is 10.0 Å². The van der Waals surface area contributed by atoms with Crippen LogP contribution >= 0.6 is 7.60 Å². The molecule has 0 aliphatic carbocycles. The lowest BCUT2D eigenvalue weighted by Crippen LogP contribution is -2.35. The summed E-state index contributed by atoms with van der Waals surface area (Å²) >= 11 is 0.